The molecule has 592 valence electrons. The summed E-state index contributed by atoms with van der Waals surface area (Å²) in [4.78, 5) is 50.9. The van der Waals surface area contributed by atoms with Crippen LogP contribution in [0.3, 0.4) is 0 Å². The Morgan fingerprint density at radius 3 is 0.973 bits per heavy atom. The summed E-state index contributed by atoms with van der Waals surface area (Å²) in [5.41, 5.74) is 11.2. The average molecular weight is 1630 g/mol. The first-order valence-corrected chi connectivity index (χ1v) is 39.0. The number of amides is 4. The topological polar surface area (TPSA) is 284 Å². The third-order valence-corrected chi connectivity index (χ3v) is 19.7. The smallest absolute Gasteiger partial charge is 0.321 e. The lowest BCUT2D eigenvalue weighted by molar-refractivity contribution is 0.207. The summed E-state index contributed by atoms with van der Waals surface area (Å²) >= 11 is 34.4. The maximum Gasteiger partial charge on any atom is 0.321 e. The summed E-state index contributed by atoms with van der Waals surface area (Å²) in [7, 11) is 0. The van der Waals surface area contributed by atoms with E-state index >= 15 is 0 Å². The first-order chi connectivity index (χ1) is 52.2. The quantitative estimate of drug-likeness (QED) is 0.0638. The van der Waals surface area contributed by atoms with Crippen LogP contribution in [0.1, 0.15) is 107 Å². The van der Waals surface area contributed by atoms with Crippen molar-refractivity contribution in [3.05, 3.63) is 179 Å². The largest absolute Gasteiger partial charge is 0.353 e. The van der Waals surface area contributed by atoms with Gasteiger partial charge in [-0.25, -0.2) is 14.4 Å². The molecule has 0 saturated carbocycles. The number of nitrogens with zero attached hydrogens (tertiary/aromatic N) is 17. The van der Waals surface area contributed by atoms with Crippen LogP contribution in [0.25, 0.3) is 0 Å². The molecule has 5 fully saturated rings. The van der Waals surface area contributed by atoms with Crippen molar-refractivity contribution in [2.75, 3.05) is 161 Å². The molecule has 0 aliphatic carbocycles. The van der Waals surface area contributed by atoms with Crippen LogP contribution >= 0.6 is 69.6 Å². The molecule has 5 aromatic heterocycles. The van der Waals surface area contributed by atoms with Gasteiger partial charge < -0.3 is 61.3 Å². The van der Waals surface area contributed by atoms with Gasteiger partial charge in [-0.3, -0.25) is 0 Å². The molecule has 32 heteroatoms. The lowest BCUT2D eigenvalue weighted by Gasteiger charge is -2.35. The van der Waals surface area contributed by atoms with Crippen LogP contribution in [-0.4, -0.2) is 210 Å². The number of benzene rings is 3. The van der Waals surface area contributed by atoms with Gasteiger partial charge in [0, 0.05) is 142 Å². The van der Waals surface area contributed by atoms with Crippen molar-refractivity contribution in [1.82, 2.24) is 82.1 Å². The first kappa shape index (κ1) is 89.0. The van der Waals surface area contributed by atoms with Crippen LogP contribution in [0, 0.1) is 34.6 Å². The normalized spacial score (nSPS) is 15.1. The zero-order valence-electron chi connectivity index (χ0n) is 65.6. The summed E-state index contributed by atoms with van der Waals surface area (Å²) in [5, 5.41) is 60.9. The Labute approximate surface area is 678 Å². The molecule has 8 aromatic rings. The number of carbonyl (C=O) groups is 2. The van der Waals surface area contributed by atoms with Crippen LogP contribution in [0.5, 0.6) is 0 Å². The Balaban J connectivity index is 0.000000187. The average Bonchev–Trinajstić information content (AvgIpc) is 0.835. The Morgan fingerprint density at radius 2 is 0.655 bits per heavy atom. The summed E-state index contributed by atoms with van der Waals surface area (Å²) in [6.07, 6.45) is 1.52. The minimum absolute atomic E-state index is 0.0722. The molecule has 0 unspecified atom stereocenters. The van der Waals surface area contributed by atoms with Crippen LogP contribution in [0.4, 0.5) is 49.9 Å². The summed E-state index contributed by atoms with van der Waals surface area (Å²) in [6.45, 7) is 47.0. The van der Waals surface area contributed by atoms with Gasteiger partial charge in [0.15, 0.2) is 54.2 Å². The lowest BCUT2D eigenvalue weighted by Crippen LogP contribution is -2.50. The fraction of sp³-hybridized carbons (Fsp3) is 0.474. The SMILES string of the molecule is C1CNCCN1.CC(C)(C)c1ccc(N=C=O)cc1.Cc1cc(Cl)nnc1Cl.Cc1cc(Cl)nnc1N1CCN(C(=O)Nc2ccc(C(C)(C)C)cc2)CC1.Cc1cc(Cl)nnc1N1CCNCC1.Cc1cc(N2CCN(C(=O)Nc3ccc(C(C)(C)C)cc3)CC2)nnc1Cl.Cc1cc(N2CCNCC2)nnc1Cl. The molecule has 0 atom stereocenters. The third kappa shape index (κ3) is 29.5. The molecule has 5 aliphatic heterocycles. The molecule has 10 heterocycles. The molecule has 0 bridgehead atoms. The third-order valence-electron chi connectivity index (χ3n) is 18.1. The van der Waals surface area contributed by atoms with Gasteiger partial charge in [0.05, 0.1) is 5.69 Å². The number of isocyanates is 1. The maximum absolute atomic E-state index is 12.6. The van der Waals surface area contributed by atoms with Gasteiger partial charge in [0.1, 0.15) is 0 Å². The zero-order chi connectivity index (χ0) is 80.1. The van der Waals surface area contributed by atoms with Crippen molar-refractivity contribution < 1.29 is 14.4 Å². The van der Waals surface area contributed by atoms with E-state index in [4.69, 9.17) is 69.6 Å². The number of aromatic nitrogens is 10. The second-order valence-corrected chi connectivity index (χ2v) is 32.0. The number of rotatable bonds is 7. The van der Waals surface area contributed by atoms with Gasteiger partial charge in [-0.05, 0) is 162 Å². The number of halogens is 6. The number of anilines is 6. The Hall–Kier alpha value is -8.24. The van der Waals surface area contributed by atoms with E-state index in [1.807, 2.05) is 117 Å². The van der Waals surface area contributed by atoms with E-state index in [1.54, 1.807) is 6.07 Å². The minimum atomic E-state index is -0.0727. The number of urea groups is 2. The van der Waals surface area contributed by atoms with E-state index in [2.05, 4.69) is 194 Å². The van der Waals surface area contributed by atoms with Crippen LogP contribution in [-0.2, 0) is 21.0 Å². The van der Waals surface area contributed by atoms with E-state index < -0.39 is 0 Å². The Bertz CT molecular complexity index is 4230. The fourth-order valence-corrected chi connectivity index (χ4v) is 12.3. The van der Waals surface area contributed by atoms with Crippen molar-refractivity contribution in [2.45, 2.75) is 113 Å². The summed E-state index contributed by atoms with van der Waals surface area (Å²) < 4.78 is 0. The highest BCUT2D eigenvalue weighted by Gasteiger charge is 2.26. The Kier molecular flexibility index (Phi) is 35.2. The minimum Gasteiger partial charge on any atom is -0.353 e. The molecule has 110 heavy (non-hydrogen) atoms. The van der Waals surface area contributed by atoms with Gasteiger partial charge >= 0.3 is 12.1 Å². The first-order valence-electron chi connectivity index (χ1n) is 36.7. The highest BCUT2D eigenvalue weighted by molar-refractivity contribution is 6.32. The number of carbonyl (C=O) groups excluding carboxylic acids is 3. The second-order valence-electron chi connectivity index (χ2n) is 29.8. The maximum atomic E-state index is 12.6. The predicted octanol–water partition coefficient (Wildman–Crippen LogP) is 14.1. The van der Waals surface area contributed by atoms with E-state index in [1.165, 1.54) is 22.8 Å². The summed E-state index contributed by atoms with van der Waals surface area (Å²) in [6, 6.07) is 32.8. The van der Waals surface area contributed by atoms with Crippen molar-refractivity contribution >= 4 is 128 Å². The molecule has 13 rings (SSSR count). The molecule has 4 amide bonds. The summed E-state index contributed by atoms with van der Waals surface area (Å²) in [5.74, 6) is 3.51. The number of hydrogen-bond acceptors (Lipinski definition) is 22. The van der Waals surface area contributed by atoms with E-state index in [-0.39, 0.29) is 28.3 Å². The number of piperazine rings is 5. The molecule has 5 saturated heterocycles. The zero-order valence-corrected chi connectivity index (χ0v) is 70.1. The van der Waals surface area contributed by atoms with Crippen molar-refractivity contribution in [2.24, 2.45) is 4.99 Å². The highest BCUT2D eigenvalue weighted by atomic mass is 35.5. The molecule has 26 nitrogen and oxygen atoms in total. The van der Waals surface area contributed by atoms with Crippen molar-refractivity contribution in [3.8, 4) is 0 Å². The van der Waals surface area contributed by atoms with Crippen LogP contribution < -0.4 is 51.5 Å². The standard InChI is InChI=1S/2C20H26ClN5O.C11H13NO.2C9H13ClN4.C5H4Cl2N2.C4H10N2/c1-14-13-17(23-24-18(14)21)25-9-11-26(12-10-25)19(27)22-16-7-5-15(6-8-16)20(2,3)4;1-14-13-17(21)23-24-18(14)25-9-11-26(12-10-25)19(27)22-16-7-5-15(6-8-16)20(2,3)4;1-11(2,3)9-4-6-10(7-5-9)12-8-13;1-7-6-8(12-13-9(7)10)14-4-2-11-3-5-14;1-7-6-8(10)12-13-9(7)14-4-2-11-3-5-14;1-3-2-4(6)8-9-5(3)7;1-2-6-4-3-5-1/h2*5-8,13H,9-12H2,1-4H3,(H,22,27);4-7H,1-3H3;2*6,11H,2-5H2,1H3;2H,1H3;5-6H,1-4H2. The lowest BCUT2D eigenvalue weighted by atomic mass is 9.87. The molecule has 0 radical (unpaired) electrons. The predicted molar refractivity (Wildman–Crippen MR) is 449 cm³/mol. The number of aliphatic imine (C=N–C) groups is 1. The highest BCUT2D eigenvalue weighted by Crippen LogP contribution is 2.29. The van der Waals surface area contributed by atoms with Crippen molar-refractivity contribution in [1.29, 1.82) is 0 Å². The van der Waals surface area contributed by atoms with Gasteiger partial charge in [-0.15, -0.1) is 51.0 Å². The van der Waals surface area contributed by atoms with Gasteiger partial charge in [-0.2, -0.15) is 4.99 Å². The van der Waals surface area contributed by atoms with E-state index in [9.17, 15) is 14.4 Å². The number of hydrogen-bond donors (Lipinski definition) is 6. The molecular weight excluding hydrogens is 1520 g/mol. The molecule has 0 spiro atoms. The van der Waals surface area contributed by atoms with Gasteiger partial charge in [0.2, 0.25) is 6.08 Å². The van der Waals surface area contributed by atoms with Gasteiger partial charge in [0.25, 0.3) is 0 Å². The van der Waals surface area contributed by atoms with Crippen LogP contribution in [0.2, 0.25) is 30.9 Å². The second kappa shape index (κ2) is 43.5. The number of nitrogens with one attached hydrogen (secondary N) is 6. The Morgan fingerprint density at radius 1 is 0.364 bits per heavy atom. The number of aryl methyl sites for hydroxylation is 5. The molecule has 3 aromatic carbocycles. The van der Waals surface area contributed by atoms with Gasteiger partial charge in [-0.1, -0.05) is 168 Å². The molecule has 6 N–H and O–H groups in total. The molecular formula is C78H105Cl6N23O3. The van der Waals surface area contributed by atoms with E-state index in [0.29, 0.717) is 89.0 Å². The van der Waals surface area contributed by atoms with Crippen molar-refractivity contribution in [3.63, 3.8) is 0 Å². The monoisotopic (exact) mass is 1620 g/mol. The van der Waals surface area contributed by atoms with E-state index in [0.717, 1.165) is 141 Å². The van der Waals surface area contributed by atoms with Crippen LogP contribution in [0.15, 0.2) is 108 Å². The fourth-order valence-electron chi connectivity index (χ4n) is 11.4. The molecule has 5 aliphatic rings.